The summed E-state index contributed by atoms with van der Waals surface area (Å²) in [4.78, 5) is 4.29. The van der Waals surface area contributed by atoms with Gasteiger partial charge in [-0.1, -0.05) is 13.0 Å². The number of rotatable bonds is 5. The van der Waals surface area contributed by atoms with Gasteiger partial charge in [-0.2, -0.15) is 5.10 Å². The summed E-state index contributed by atoms with van der Waals surface area (Å²) >= 11 is 0. The fourth-order valence-electron chi connectivity index (χ4n) is 4.74. The predicted octanol–water partition coefficient (Wildman–Crippen LogP) is 5.20. The van der Waals surface area contributed by atoms with Crippen LogP contribution in [0, 0.1) is 11.7 Å². The molecule has 0 spiro atoms. The molecule has 33 heavy (non-hydrogen) atoms. The molecule has 3 heterocycles. The molecule has 1 unspecified atom stereocenters. The maximum absolute atomic E-state index is 15.5. The monoisotopic (exact) mass is 451 g/mol. The van der Waals surface area contributed by atoms with Crippen molar-refractivity contribution in [3.05, 3.63) is 70.0 Å². The molecule has 0 aliphatic carbocycles. The van der Waals surface area contributed by atoms with Gasteiger partial charge in [0.05, 0.1) is 11.4 Å². The van der Waals surface area contributed by atoms with E-state index in [1.54, 1.807) is 6.07 Å². The molecule has 178 valence electrons. The van der Waals surface area contributed by atoms with Crippen molar-refractivity contribution in [1.29, 1.82) is 0 Å². The van der Waals surface area contributed by atoms with E-state index in [1.807, 2.05) is 36.1 Å². The lowest BCUT2D eigenvalue weighted by atomic mass is 9.92. The molecule has 0 saturated carbocycles. The number of hydrogen-bond donors (Lipinski definition) is 1. The molecule has 0 aromatic heterocycles. The van der Waals surface area contributed by atoms with Crippen molar-refractivity contribution in [2.45, 2.75) is 34.1 Å². The highest BCUT2D eigenvalue weighted by Crippen LogP contribution is 2.34. The van der Waals surface area contributed by atoms with E-state index in [1.165, 1.54) is 5.57 Å². The number of nitrogens with zero attached hydrogens (tertiary/aromatic N) is 4. The average molecular weight is 452 g/mol. The average Bonchev–Trinajstić information content (AvgIpc) is 2.80. The fourth-order valence-corrected chi connectivity index (χ4v) is 4.74. The maximum atomic E-state index is 15.5. The Bertz CT molecular complexity index is 1080. The Morgan fingerprint density at radius 2 is 2.00 bits per heavy atom. The molecular weight excluding hydrogens is 413 g/mol. The Morgan fingerprint density at radius 3 is 2.67 bits per heavy atom. The van der Waals surface area contributed by atoms with Gasteiger partial charge in [0.15, 0.2) is 0 Å². The Balaban J connectivity index is 0.00000324. The van der Waals surface area contributed by atoms with E-state index in [2.05, 4.69) is 56.3 Å². The second-order valence-electron chi connectivity index (χ2n) is 9.40. The number of hydrogen-bond acceptors (Lipinski definition) is 5. The number of hydrazone groups is 1. The Kier molecular flexibility index (Phi) is 6.75. The Hall–Kier alpha value is -2.86. The van der Waals surface area contributed by atoms with E-state index < -0.39 is 0 Å². The SMILES string of the molecule is CCC1C=C2C(C)=CC(c3cc(F)c(/C=C(\C)N4CCNCC4)c(N(C)C)c3)=NN2C=C1C.[HH]. The van der Waals surface area contributed by atoms with Gasteiger partial charge < -0.3 is 15.1 Å². The second-order valence-corrected chi connectivity index (χ2v) is 9.40. The lowest BCUT2D eigenvalue weighted by Gasteiger charge is -2.31. The number of fused-ring (bicyclic) bond motifs is 1. The zero-order valence-electron chi connectivity index (χ0n) is 20.7. The lowest BCUT2D eigenvalue weighted by molar-refractivity contribution is 0.302. The number of allylic oxidation sites excluding steroid dienone is 5. The summed E-state index contributed by atoms with van der Waals surface area (Å²) in [7, 11) is 3.92. The van der Waals surface area contributed by atoms with Crippen LogP contribution in [0.1, 0.15) is 46.7 Å². The highest BCUT2D eigenvalue weighted by Gasteiger charge is 2.24. The third-order valence-electron chi connectivity index (χ3n) is 6.78. The maximum Gasteiger partial charge on any atom is 0.133 e. The van der Waals surface area contributed by atoms with E-state index in [0.717, 1.165) is 66.5 Å². The molecule has 5 nitrogen and oxygen atoms in total. The first-order valence-electron chi connectivity index (χ1n) is 11.9. The number of nitrogens with one attached hydrogen (secondary N) is 1. The smallest absolute Gasteiger partial charge is 0.133 e. The zero-order chi connectivity index (χ0) is 23.7. The molecular formula is C27H38FN5. The minimum Gasteiger partial charge on any atom is -0.377 e. The minimum atomic E-state index is -0.225. The van der Waals surface area contributed by atoms with Crippen LogP contribution in [0.2, 0.25) is 0 Å². The van der Waals surface area contributed by atoms with Crippen LogP contribution in [0.25, 0.3) is 6.08 Å². The van der Waals surface area contributed by atoms with Crippen LogP contribution in [-0.2, 0) is 0 Å². The normalized spacial score (nSPS) is 21.2. The molecule has 0 amide bonds. The van der Waals surface area contributed by atoms with Crippen molar-refractivity contribution < 1.29 is 5.82 Å². The van der Waals surface area contributed by atoms with Gasteiger partial charge in [-0.3, -0.25) is 0 Å². The molecule has 1 saturated heterocycles. The molecule has 1 aromatic carbocycles. The van der Waals surface area contributed by atoms with E-state index in [0.29, 0.717) is 11.5 Å². The summed E-state index contributed by atoms with van der Waals surface area (Å²) < 4.78 is 15.5. The van der Waals surface area contributed by atoms with Gasteiger partial charge >= 0.3 is 0 Å². The predicted molar refractivity (Wildman–Crippen MR) is 139 cm³/mol. The molecule has 1 aromatic rings. The number of halogens is 1. The van der Waals surface area contributed by atoms with Crippen molar-refractivity contribution in [2.24, 2.45) is 11.0 Å². The van der Waals surface area contributed by atoms with Crippen molar-refractivity contribution in [3.63, 3.8) is 0 Å². The molecule has 1 fully saturated rings. The van der Waals surface area contributed by atoms with Gasteiger partial charge in [0, 0.05) is 76.3 Å². The number of benzene rings is 1. The van der Waals surface area contributed by atoms with Gasteiger partial charge in [-0.05, 0) is 62.6 Å². The first-order valence-corrected chi connectivity index (χ1v) is 11.9. The third-order valence-corrected chi connectivity index (χ3v) is 6.78. The lowest BCUT2D eigenvalue weighted by Crippen LogP contribution is -2.42. The quantitative estimate of drug-likeness (QED) is 0.667. The molecule has 0 bridgehead atoms. The first kappa shape index (κ1) is 23.3. The summed E-state index contributed by atoms with van der Waals surface area (Å²) in [6.07, 6.45) is 9.52. The summed E-state index contributed by atoms with van der Waals surface area (Å²) in [5.74, 6) is 0.219. The molecule has 3 aliphatic heterocycles. The van der Waals surface area contributed by atoms with E-state index >= 15 is 4.39 Å². The largest absolute Gasteiger partial charge is 0.377 e. The van der Waals surface area contributed by atoms with Crippen LogP contribution in [0.4, 0.5) is 10.1 Å². The Labute approximate surface area is 199 Å². The van der Waals surface area contributed by atoms with Crippen LogP contribution in [0.15, 0.2) is 58.1 Å². The van der Waals surface area contributed by atoms with Gasteiger partial charge in [0.1, 0.15) is 5.82 Å². The van der Waals surface area contributed by atoms with Crippen LogP contribution in [0.5, 0.6) is 0 Å². The van der Waals surface area contributed by atoms with Crippen LogP contribution < -0.4 is 10.2 Å². The third kappa shape index (κ3) is 4.76. The van der Waals surface area contributed by atoms with Crippen molar-refractivity contribution >= 4 is 17.5 Å². The van der Waals surface area contributed by atoms with Crippen molar-refractivity contribution in [3.8, 4) is 0 Å². The van der Waals surface area contributed by atoms with Crippen molar-refractivity contribution in [1.82, 2.24) is 15.2 Å². The second kappa shape index (κ2) is 9.56. The molecule has 4 rings (SSSR count). The van der Waals surface area contributed by atoms with Crippen LogP contribution >= 0.6 is 0 Å². The highest BCUT2D eigenvalue weighted by atomic mass is 19.1. The van der Waals surface area contributed by atoms with Crippen LogP contribution in [-0.4, -0.2) is 55.9 Å². The fraction of sp³-hybridized carbons (Fsp3) is 0.444. The van der Waals surface area contributed by atoms with Gasteiger partial charge in [0.2, 0.25) is 0 Å². The summed E-state index contributed by atoms with van der Waals surface area (Å²) in [6.45, 7) is 12.3. The van der Waals surface area contributed by atoms with Crippen LogP contribution in [0.3, 0.4) is 0 Å². The molecule has 6 heteroatoms. The van der Waals surface area contributed by atoms with E-state index in [-0.39, 0.29) is 7.24 Å². The van der Waals surface area contributed by atoms with Gasteiger partial charge in [-0.15, -0.1) is 0 Å². The minimum absolute atomic E-state index is 0. The van der Waals surface area contributed by atoms with Gasteiger partial charge in [-0.25, -0.2) is 9.40 Å². The Morgan fingerprint density at radius 1 is 1.27 bits per heavy atom. The van der Waals surface area contributed by atoms with Gasteiger partial charge in [0.25, 0.3) is 0 Å². The van der Waals surface area contributed by atoms with Crippen molar-refractivity contribution in [2.75, 3.05) is 45.2 Å². The zero-order valence-corrected chi connectivity index (χ0v) is 20.7. The van der Waals surface area contributed by atoms with E-state index in [9.17, 15) is 0 Å². The number of anilines is 1. The molecule has 1 N–H and O–H groups in total. The number of piperazine rings is 1. The summed E-state index contributed by atoms with van der Waals surface area (Å²) in [5, 5.41) is 10.2. The first-order chi connectivity index (χ1) is 15.8. The highest BCUT2D eigenvalue weighted by molar-refractivity contribution is 6.10. The molecule has 3 aliphatic rings. The topological polar surface area (TPSA) is 34.1 Å². The summed E-state index contributed by atoms with van der Waals surface area (Å²) in [6, 6.07) is 3.67. The molecule has 1 atom stereocenters. The summed E-state index contributed by atoms with van der Waals surface area (Å²) in [5.41, 5.74) is 7.69. The molecule has 0 radical (unpaired) electrons. The van der Waals surface area contributed by atoms with E-state index in [4.69, 9.17) is 5.10 Å². The standard InChI is InChI=1S/C27H36FN5.H2/c1-7-21-15-26-18(2)12-25(30-33(26)17-19(21)3)22-14-24(28)23(27(16-22)31(5)6)13-20(4)32-10-8-29-9-11-32;/h12-17,21,29H,7-11H2,1-6H3;1H/b20-13+;.